The second-order valence-corrected chi connectivity index (χ2v) is 9.41. The Labute approximate surface area is 207 Å². The number of carboxylic acid groups (broad SMARTS) is 1. The maximum absolute atomic E-state index is 10.7. The van der Waals surface area contributed by atoms with Gasteiger partial charge < -0.3 is 14.6 Å². The van der Waals surface area contributed by atoms with Crippen LogP contribution in [-0.4, -0.2) is 41.2 Å². The van der Waals surface area contributed by atoms with Crippen molar-refractivity contribution in [2.75, 3.05) is 20.3 Å². The van der Waals surface area contributed by atoms with Crippen LogP contribution in [0.5, 0.6) is 5.75 Å². The summed E-state index contributed by atoms with van der Waals surface area (Å²) >= 11 is 0. The molecule has 6 nitrogen and oxygen atoms in total. The topological polar surface area (TPSA) is 73.6 Å². The number of benzene rings is 2. The van der Waals surface area contributed by atoms with E-state index in [0.717, 1.165) is 55.7 Å². The number of nitrogens with zero attached hydrogens (tertiary/aromatic N) is 2. The van der Waals surface area contributed by atoms with Crippen molar-refractivity contribution in [1.82, 2.24) is 9.78 Å². The van der Waals surface area contributed by atoms with Crippen molar-refractivity contribution >= 4 is 5.97 Å². The van der Waals surface area contributed by atoms with Gasteiger partial charge in [0, 0.05) is 30.0 Å². The number of hydrogen-bond donors (Lipinski definition) is 1. The Morgan fingerprint density at radius 1 is 1.00 bits per heavy atom. The normalized spacial score (nSPS) is 17.9. The minimum Gasteiger partial charge on any atom is -0.497 e. The molecule has 1 fully saturated rings. The summed E-state index contributed by atoms with van der Waals surface area (Å²) in [5.74, 6) is 1.15. The minimum atomic E-state index is -0.802. The van der Waals surface area contributed by atoms with E-state index in [1.807, 2.05) is 12.1 Å². The number of aromatic nitrogens is 2. The molecule has 1 heterocycles. The number of rotatable bonds is 11. The molecule has 2 aromatic carbocycles. The molecular formula is C29H36N2O4. The van der Waals surface area contributed by atoms with Crippen LogP contribution in [0.15, 0.2) is 54.6 Å². The lowest BCUT2D eigenvalue weighted by atomic mass is 9.82. The molecule has 0 bridgehead atoms. The zero-order chi connectivity index (χ0) is 24.6. The van der Waals surface area contributed by atoms with Crippen molar-refractivity contribution in [2.45, 2.75) is 52.0 Å². The molecule has 0 unspecified atom stereocenters. The molecule has 0 saturated heterocycles. The highest BCUT2D eigenvalue weighted by Gasteiger charge is 2.25. The molecular weight excluding hydrogens is 440 g/mol. The fourth-order valence-corrected chi connectivity index (χ4v) is 5.10. The Balaban J connectivity index is 1.51. The van der Waals surface area contributed by atoms with Crippen LogP contribution in [0.2, 0.25) is 0 Å². The predicted octanol–water partition coefficient (Wildman–Crippen LogP) is 6.09. The zero-order valence-corrected chi connectivity index (χ0v) is 20.8. The van der Waals surface area contributed by atoms with Crippen LogP contribution in [0.3, 0.4) is 0 Å². The van der Waals surface area contributed by atoms with Crippen LogP contribution in [-0.2, 0) is 22.5 Å². The first-order valence-corrected chi connectivity index (χ1v) is 12.7. The molecule has 1 N–H and O–H groups in total. The summed E-state index contributed by atoms with van der Waals surface area (Å²) in [6, 6.07) is 18.7. The SMILES string of the molecule is CCc1c(-c2ccccc2)c(-c2ccc(OC)cc2)nn1CC1CCC(COCCC(=O)O)CC1. The Hall–Kier alpha value is -3.12. The van der Waals surface area contributed by atoms with Gasteiger partial charge in [-0.1, -0.05) is 37.3 Å². The number of hydrogen-bond acceptors (Lipinski definition) is 4. The molecule has 4 rings (SSSR count). The largest absolute Gasteiger partial charge is 0.497 e. The number of ether oxygens (including phenoxy) is 2. The van der Waals surface area contributed by atoms with Crippen molar-refractivity contribution < 1.29 is 19.4 Å². The fourth-order valence-electron chi connectivity index (χ4n) is 5.10. The summed E-state index contributed by atoms with van der Waals surface area (Å²) in [5.41, 5.74) is 5.82. The van der Waals surface area contributed by atoms with Crippen molar-refractivity contribution in [1.29, 1.82) is 0 Å². The van der Waals surface area contributed by atoms with E-state index >= 15 is 0 Å². The van der Waals surface area contributed by atoms with Crippen molar-refractivity contribution in [3.63, 3.8) is 0 Å². The van der Waals surface area contributed by atoms with Gasteiger partial charge >= 0.3 is 5.97 Å². The third kappa shape index (κ3) is 6.31. The molecule has 35 heavy (non-hydrogen) atoms. The molecule has 186 valence electrons. The summed E-state index contributed by atoms with van der Waals surface area (Å²) in [4.78, 5) is 10.7. The molecule has 1 aliphatic carbocycles. The molecule has 0 amide bonds. The highest BCUT2D eigenvalue weighted by atomic mass is 16.5. The zero-order valence-electron chi connectivity index (χ0n) is 20.8. The molecule has 1 saturated carbocycles. The number of carbonyl (C=O) groups is 1. The molecule has 0 atom stereocenters. The molecule has 0 spiro atoms. The van der Waals surface area contributed by atoms with Gasteiger partial charge in [-0.15, -0.1) is 0 Å². The molecule has 0 aliphatic heterocycles. The highest BCUT2D eigenvalue weighted by Crippen LogP contribution is 2.37. The van der Waals surface area contributed by atoms with Crippen LogP contribution in [0, 0.1) is 11.8 Å². The maximum Gasteiger partial charge on any atom is 0.305 e. The molecule has 3 aromatic rings. The molecule has 6 heteroatoms. The summed E-state index contributed by atoms with van der Waals surface area (Å²) < 4.78 is 13.2. The monoisotopic (exact) mass is 476 g/mol. The second-order valence-electron chi connectivity index (χ2n) is 9.41. The first kappa shape index (κ1) is 25.0. The second kappa shape index (κ2) is 12.0. The van der Waals surface area contributed by atoms with Crippen LogP contribution in [0.25, 0.3) is 22.4 Å². The summed E-state index contributed by atoms with van der Waals surface area (Å²) in [5, 5.41) is 13.9. The van der Waals surface area contributed by atoms with E-state index in [4.69, 9.17) is 19.7 Å². The van der Waals surface area contributed by atoms with Gasteiger partial charge in [-0.3, -0.25) is 9.48 Å². The molecule has 1 aliphatic rings. The third-order valence-electron chi connectivity index (χ3n) is 7.03. The van der Waals surface area contributed by atoms with Crippen LogP contribution < -0.4 is 4.74 Å². The Bertz CT molecular complexity index is 1080. The van der Waals surface area contributed by atoms with Gasteiger partial charge in [0.25, 0.3) is 0 Å². The van der Waals surface area contributed by atoms with Gasteiger partial charge in [-0.2, -0.15) is 5.10 Å². The summed E-state index contributed by atoms with van der Waals surface area (Å²) in [6.07, 6.45) is 5.53. The predicted molar refractivity (Wildman–Crippen MR) is 138 cm³/mol. The first-order valence-electron chi connectivity index (χ1n) is 12.7. The van der Waals surface area contributed by atoms with Gasteiger partial charge in [0.15, 0.2) is 0 Å². The van der Waals surface area contributed by atoms with Gasteiger partial charge in [0.1, 0.15) is 11.4 Å². The van der Waals surface area contributed by atoms with Crippen LogP contribution >= 0.6 is 0 Å². The lowest BCUT2D eigenvalue weighted by Crippen LogP contribution is -2.23. The van der Waals surface area contributed by atoms with Gasteiger partial charge in [0.05, 0.1) is 20.1 Å². The van der Waals surface area contributed by atoms with Crippen molar-refractivity contribution in [2.24, 2.45) is 11.8 Å². The summed E-state index contributed by atoms with van der Waals surface area (Å²) in [7, 11) is 1.69. The maximum atomic E-state index is 10.7. The fraction of sp³-hybridized carbons (Fsp3) is 0.448. The first-order chi connectivity index (χ1) is 17.1. The van der Waals surface area contributed by atoms with Crippen LogP contribution in [0.1, 0.15) is 44.7 Å². The van der Waals surface area contributed by atoms with Gasteiger partial charge in [-0.25, -0.2) is 0 Å². The molecule has 0 radical (unpaired) electrons. The average Bonchev–Trinajstić information content (AvgIpc) is 3.26. The lowest BCUT2D eigenvalue weighted by Gasteiger charge is -2.28. The number of aliphatic carboxylic acids is 1. The van der Waals surface area contributed by atoms with Crippen molar-refractivity contribution in [3.8, 4) is 28.1 Å². The third-order valence-corrected chi connectivity index (χ3v) is 7.03. The van der Waals surface area contributed by atoms with E-state index in [2.05, 4.69) is 54.1 Å². The smallest absolute Gasteiger partial charge is 0.305 e. The number of carboxylic acids is 1. The Morgan fingerprint density at radius 2 is 1.69 bits per heavy atom. The van der Waals surface area contributed by atoms with Crippen molar-refractivity contribution in [3.05, 3.63) is 60.3 Å². The van der Waals surface area contributed by atoms with E-state index in [9.17, 15) is 4.79 Å². The van der Waals surface area contributed by atoms with E-state index in [1.165, 1.54) is 16.8 Å². The lowest BCUT2D eigenvalue weighted by molar-refractivity contribution is -0.138. The average molecular weight is 477 g/mol. The van der Waals surface area contributed by atoms with Crippen LogP contribution in [0.4, 0.5) is 0 Å². The van der Waals surface area contributed by atoms with E-state index in [1.54, 1.807) is 7.11 Å². The Kier molecular flexibility index (Phi) is 8.59. The minimum absolute atomic E-state index is 0.0781. The standard InChI is InChI=1S/C29H36N2O4/c1-3-26-28(23-7-5-4-6-8-23)29(24-13-15-25(34-2)16-14-24)30-31(26)19-21-9-11-22(12-10-21)20-35-18-17-27(32)33/h4-8,13-16,21-22H,3,9-12,17-20H2,1-2H3,(H,32,33). The van der Waals surface area contributed by atoms with E-state index < -0.39 is 5.97 Å². The van der Waals surface area contributed by atoms with E-state index in [0.29, 0.717) is 25.0 Å². The Morgan fingerprint density at radius 3 is 2.31 bits per heavy atom. The van der Waals surface area contributed by atoms with E-state index in [-0.39, 0.29) is 6.42 Å². The molecule has 1 aromatic heterocycles. The van der Waals surface area contributed by atoms with Gasteiger partial charge in [-0.05, 0) is 73.8 Å². The van der Waals surface area contributed by atoms with Gasteiger partial charge in [0.2, 0.25) is 0 Å². The summed E-state index contributed by atoms with van der Waals surface area (Å²) in [6.45, 7) is 4.11. The highest BCUT2D eigenvalue weighted by molar-refractivity contribution is 5.83. The number of methoxy groups -OCH3 is 1. The quantitative estimate of drug-likeness (QED) is 0.339.